The highest BCUT2D eigenvalue weighted by molar-refractivity contribution is 6.32. The lowest BCUT2D eigenvalue weighted by molar-refractivity contribution is 0.0955. The SMILES string of the molecule is CCOc1cc(/C=N\NC(=O)c2ccc(Cl)cc2)cc(Cl)c1OCc1cccc(F)c1. The predicted molar refractivity (Wildman–Crippen MR) is 120 cm³/mol. The number of hydrazone groups is 1. The molecule has 8 heteroatoms. The number of nitrogens with zero attached hydrogens (tertiary/aromatic N) is 1. The smallest absolute Gasteiger partial charge is 0.271 e. The van der Waals surface area contributed by atoms with Crippen LogP contribution in [0.2, 0.25) is 10.0 Å². The minimum Gasteiger partial charge on any atom is -0.490 e. The number of carbonyl (C=O) groups is 1. The highest BCUT2D eigenvalue weighted by Crippen LogP contribution is 2.37. The summed E-state index contributed by atoms with van der Waals surface area (Å²) < 4.78 is 24.8. The van der Waals surface area contributed by atoms with Crippen molar-refractivity contribution < 1.29 is 18.7 Å². The molecule has 0 heterocycles. The lowest BCUT2D eigenvalue weighted by atomic mass is 10.2. The maximum atomic E-state index is 13.4. The zero-order valence-corrected chi connectivity index (χ0v) is 18.1. The van der Waals surface area contributed by atoms with Gasteiger partial charge in [-0.05, 0) is 66.6 Å². The monoisotopic (exact) mass is 460 g/mol. The number of hydrogen-bond donors (Lipinski definition) is 1. The number of halogens is 3. The van der Waals surface area contributed by atoms with Crippen LogP contribution in [0.25, 0.3) is 0 Å². The summed E-state index contributed by atoms with van der Waals surface area (Å²) in [6.07, 6.45) is 1.44. The van der Waals surface area contributed by atoms with Gasteiger partial charge in [-0.2, -0.15) is 5.10 Å². The van der Waals surface area contributed by atoms with E-state index in [0.717, 1.165) is 0 Å². The van der Waals surface area contributed by atoms with Crippen molar-refractivity contribution in [2.45, 2.75) is 13.5 Å². The fourth-order valence-electron chi connectivity index (χ4n) is 2.68. The first-order valence-corrected chi connectivity index (χ1v) is 10.1. The molecular formula is C23H19Cl2FN2O3. The van der Waals surface area contributed by atoms with E-state index in [-0.39, 0.29) is 18.3 Å². The molecule has 0 bridgehead atoms. The van der Waals surface area contributed by atoms with Gasteiger partial charge in [0, 0.05) is 10.6 Å². The van der Waals surface area contributed by atoms with E-state index in [1.54, 1.807) is 48.5 Å². The second-order valence-corrected chi connectivity index (χ2v) is 7.23. The molecular weight excluding hydrogens is 442 g/mol. The van der Waals surface area contributed by atoms with Crippen LogP contribution in [0.5, 0.6) is 11.5 Å². The molecule has 0 aliphatic rings. The quantitative estimate of drug-likeness (QED) is 0.337. The first-order chi connectivity index (χ1) is 15.0. The van der Waals surface area contributed by atoms with Crippen LogP contribution in [0.15, 0.2) is 65.8 Å². The minimum atomic E-state index is -0.376. The average Bonchev–Trinajstić information content (AvgIpc) is 2.74. The molecule has 5 nitrogen and oxygen atoms in total. The first kappa shape index (κ1) is 22.6. The molecule has 0 atom stereocenters. The number of amides is 1. The highest BCUT2D eigenvalue weighted by Gasteiger charge is 2.13. The van der Waals surface area contributed by atoms with E-state index in [0.29, 0.717) is 44.8 Å². The summed E-state index contributed by atoms with van der Waals surface area (Å²) in [6.45, 7) is 2.35. The van der Waals surface area contributed by atoms with Gasteiger partial charge < -0.3 is 9.47 Å². The maximum absolute atomic E-state index is 13.4. The first-order valence-electron chi connectivity index (χ1n) is 9.39. The summed E-state index contributed by atoms with van der Waals surface area (Å²) >= 11 is 12.2. The molecule has 1 N–H and O–H groups in total. The van der Waals surface area contributed by atoms with Gasteiger partial charge in [-0.25, -0.2) is 9.82 Å². The molecule has 0 aliphatic heterocycles. The van der Waals surface area contributed by atoms with Gasteiger partial charge in [-0.3, -0.25) is 4.79 Å². The number of rotatable bonds is 8. The lowest BCUT2D eigenvalue weighted by Crippen LogP contribution is -2.17. The molecule has 31 heavy (non-hydrogen) atoms. The zero-order valence-electron chi connectivity index (χ0n) is 16.6. The van der Waals surface area contributed by atoms with Crippen molar-refractivity contribution in [3.63, 3.8) is 0 Å². The van der Waals surface area contributed by atoms with Crippen LogP contribution in [-0.2, 0) is 6.61 Å². The maximum Gasteiger partial charge on any atom is 0.271 e. The van der Waals surface area contributed by atoms with Gasteiger partial charge in [0.25, 0.3) is 5.91 Å². The van der Waals surface area contributed by atoms with Crippen molar-refractivity contribution in [2.24, 2.45) is 5.10 Å². The van der Waals surface area contributed by atoms with E-state index in [4.69, 9.17) is 32.7 Å². The third-order valence-electron chi connectivity index (χ3n) is 4.09. The second kappa shape index (κ2) is 10.8. The van der Waals surface area contributed by atoms with E-state index < -0.39 is 0 Å². The molecule has 0 aromatic heterocycles. The third-order valence-corrected chi connectivity index (χ3v) is 4.62. The summed E-state index contributed by atoms with van der Waals surface area (Å²) in [5.74, 6) is 0.0375. The van der Waals surface area contributed by atoms with Crippen LogP contribution < -0.4 is 14.9 Å². The molecule has 0 unspecified atom stereocenters. The zero-order chi connectivity index (χ0) is 22.2. The van der Waals surface area contributed by atoms with Crippen molar-refractivity contribution in [1.82, 2.24) is 5.43 Å². The van der Waals surface area contributed by atoms with Crippen LogP contribution in [0.3, 0.4) is 0 Å². The Kier molecular flexibility index (Phi) is 7.87. The normalized spacial score (nSPS) is 10.8. The number of benzene rings is 3. The predicted octanol–water partition coefficient (Wildman–Crippen LogP) is 5.87. The Morgan fingerprint density at radius 3 is 2.58 bits per heavy atom. The van der Waals surface area contributed by atoms with Crippen molar-refractivity contribution in [3.8, 4) is 11.5 Å². The van der Waals surface area contributed by atoms with E-state index >= 15 is 0 Å². The Labute approximate surface area is 189 Å². The number of nitrogens with one attached hydrogen (secondary N) is 1. The van der Waals surface area contributed by atoms with Crippen molar-refractivity contribution in [1.29, 1.82) is 0 Å². The van der Waals surface area contributed by atoms with E-state index in [1.807, 2.05) is 6.92 Å². The minimum absolute atomic E-state index is 0.127. The van der Waals surface area contributed by atoms with Crippen LogP contribution in [-0.4, -0.2) is 18.7 Å². The van der Waals surface area contributed by atoms with Gasteiger partial charge in [0.2, 0.25) is 0 Å². The largest absolute Gasteiger partial charge is 0.490 e. The van der Waals surface area contributed by atoms with Crippen LogP contribution in [0, 0.1) is 5.82 Å². The standard InChI is InChI=1S/C23H19Cl2FN2O3/c1-2-30-21-12-16(13-27-28-23(29)17-6-8-18(24)9-7-17)11-20(25)22(21)31-14-15-4-3-5-19(26)10-15/h3-13H,2,14H2,1H3,(H,28,29)/b27-13-. The van der Waals surface area contributed by atoms with Crippen molar-refractivity contribution in [2.75, 3.05) is 6.61 Å². The second-order valence-electron chi connectivity index (χ2n) is 6.39. The molecule has 0 aliphatic carbocycles. The van der Waals surface area contributed by atoms with Crippen LogP contribution in [0.4, 0.5) is 4.39 Å². The topological polar surface area (TPSA) is 59.9 Å². The molecule has 0 saturated heterocycles. The Balaban J connectivity index is 1.72. The molecule has 0 saturated carbocycles. The Morgan fingerprint density at radius 2 is 1.87 bits per heavy atom. The Hall–Kier alpha value is -3.09. The molecule has 3 rings (SSSR count). The summed E-state index contributed by atoms with van der Waals surface area (Å²) in [5, 5.41) is 4.80. The summed E-state index contributed by atoms with van der Waals surface area (Å²) in [5.41, 5.74) is 4.13. The van der Waals surface area contributed by atoms with Gasteiger partial charge in [0.15, 0.2) is 11.5 Å². The lowest BCUT2D eigenvalue weighted by Gasteiger charge is -2.14. The van der Waals surface area contributed by atoms with E-state index in [2.05, 4.69) is 10.5 Å². The molecule has 3 aromatic carbocycles. The third kappa shape index (κ3) is 6.44. The molecule has 3 aromatic rings. The summed E-state index contributed by atoms with van der Waals surface area (Å²) in [6, 6.07) is 15.9. The van der Waals surface area contributed by atoms with E-state index in [9.17, 15) is 9.18 Å². The Bertz CT molecular complexity index is 1090. The van der Waals surface area contributed by atoms with E-state index in [1.165, 1.54) is 18.3 Å². The van der Waals surface area contributed by atoms with Gasteiger partial charge in [0.05, 0.1) is 17.8 Å². The van der Waals surface area contributed by atoms with Crippen LogP contribution in [0.1, 0.15) is 28.4 Å². The number of hydrogen-bond acceptors (Lipinski definition) is 4. The summed E-state index contributed by atoms with van der Waals surface area (Å²) in [4.78, 5) is 12.1. The molecule has 0 spiro atoms. The molecule has 0 fully saturated rings. The number of ether oxygens (including phenoxy) is 2. The van der Waals surface area contributed by atoms with Crippen LogP contribution >= 0.6 is 23.2 Å². The fourth-order valence-corrected chi connectivity index (χ4v) is 3.08. The van der Waals surface area contributed by atoms with Gasteiger partial charge >= 0.3 is 0 Å². The van der Waals surface area contributed by atoms with Crippen molar-refractivity contribution >= 4 is 35.3 Å². The van der Waals surface area contributed by atoms with Gasteiger partial charge in [-0.15, -0.1) is 0 Å². The molecule has 0 radical (unpaired) electrons. The highest BCUT2D eigenvalue weighted by atomic mass is 35.5. The fraction of sp³-hybridized carbons (Fsp3) is 0.130. The Morgan fingerprint density at radius 1 is 1.10 bits per heavy atom. The average molecular weight is 461 g/mol. The molecule has 160 valence electrons. The number of carbonyl (C=O) groups excluding carboxylic acids is 1. The van der Waals surface area contributed by atoms with Crippen molar-refractivity contribution in [3.05, 3.63) is 93.2 Å². The molecule has 1 amide bonds. The van der Waals surface area contributed by atoms with Gasteiger partial charge in [0.1, 0.15) is 12.4 Å². The summed E-state index contributed by atoms with van der Waals surface area (Å²) in [7, 11) is 0. The van der Waals surface area contributed by atoms with Gasteiger partial charge in [-0.1, -0.05) is 35.3 Å².